The number of hydrogen-bond acceptors (Lipinski definition) is 9. The fourth-order valence-electron chi connectivity index (χ4n) is 5.67. The van der Waals surface area contributed by atoms with Crippen molar-refractivity contribution in [1.29, 1.82) is 0 Å². The smallest absolute Gasteiger partial charge is 0.414 e. The minimum absolute atomic E-state index is 0.225. The van der Waals surface area contributed by atoms with Gasteiger partial charge in [0.1, 0.15) is 24.8 Å². The molecule has 2 atom stereocenters. The fraction of sp³-hybridized carbons (Fsp3) is 0.370. The zero-order valence-corrected chi connectivity index (χ0v) is 20.5. The number of nitrogens with zero attached hydrogens (tertiary/aromatic N) is 5. The van der Waals surface area contributed by atoms with E-state index in [1.807, 2.05) is 42.6 Å². The summed E-state index contributed by atoms with van der Waals surface area (Å²) >= 11 is 0. The van der Waals surface area contributed by atoms with Crippen LogP contribution in [0.15, 0.2) is 54.5 Å². The van der Waals surface area contributed by atoms with Gasteiger partial charge in [0.25, 0.3) is 0 Å². The lowest BCUT2D eigenvalue weighted by molar-refractivity contribution is 0.122. The number of fused-ring (bicyclic) bond motifs is 3. The summed E-state index contributed by atoms with van der Waals surface area (Å²) in [6.45, 7) is 4.01. The van der Waals surface area contributed by atoms with E-state index in [0.717, 1.165) is 41.9 Å². The molecule has 1 aromatic carbocycles. The molecule has 0 N–H and O–H groups in total. The number of hydrogen-bond donors (Lipinski definition) is 0. The second-order valence-electron chi connectivity index (χ2n) is 9.64. The number of pyridine rings is 2. The highest BCUT2D eigenvalue weighted by atomic mass is 16.6. The Morgan fingerprint density at radius 2 is 1.95 bits per heavy atom. The molecule has 0 aliphatic carbocycles. The maximum absolute atomic E-state index is 12.7. The van der Waals surface area contributed by atoms with Crippen LogP contribution in [-0.4, -0.2) is 73.6 Å². The zero-order valence-electron chi connectivity index (χ0n) is 20.5. The molecule has 2 fully saturated rings. The summed E-state index contributed by atoms with van der Waals surface area (Å²) in [6, 6.07) is 11.4. The molecule has 1 unspecified atom stereocenters. The maximum Gasteiger partial charge on any atom is 0.414 e. The Morgan fingerprint density at radius 3 is 2.84 bits per heavy atom. The van der Waals surface area contributed by atoms with E-state index in [9.17, 15) is 4.79 Å². The van der Waals surface area contributed by atoms with Crippen LogP contribution in [0.4, 0.5) is 16.2 Å². The largest absolute Gasteiger partial charge is 0.486 e. The van der Waals surface area contributed by atoms with Gasteiger partial charge in [0.2, 0.25) is 5.88 Å². The van der Waals surface area contributed by atoms with E-state index in [1.54, 1.807) is 12.0 Å². The minimum Gasteiger partial charge on any atom is -0.486 e. The van der Waals surface area contributed by atoms with Gasteiger partial charge in [-0.1, -0.05) is 0 Å². The molecular formula is C27H27N5O5. The van der Waals surface area contributed by atoms with Crippen LogP contribution in [0.1, 0.15) is 6.42 Å². The molecule has 0 saturated carbocycles. The van der Waals surface area contributed by atoms with E-state index in [0.29, 0.717) is 49.6 Å². The van der Waals surface area contributed by atoms with Crippen molar-refractivity contribution in [2.75, 3.05) is 56.3 Å². The Bertz CT molecular complexity index is 1410. The van der Waals surface area contributed by atoms with E-state index in [4.69, 9.17) is 18.9 Å². The molecule has 6 heterocycles. The Balaban J connectivity index is 1.08. The topological polar surface area (TPSA) is 89.5 Å². The van der Waals surface area contributed by atoms with Crippen LogP contribution in [0.2, 0.25) is 0 Å². The molecule has 2 saturated heterocycles. The van der Waals surface area contributed by atoms with Crippen molar-refractivity contribution >= 4 is 28.5 Å². The number of carbonyl (C=O) groups excluding carboxylic acids is 1. The first kappa shape index (κ1) is 22.0. The number of rotatable bonds is 5. The summed E-state index contributed by atoms with van der Waals surface area (Å²) in [5.41, 5.74) is 4.74. The first-order chi connectivity index (χ1) is 18.2. The average molecular weight is 502 g/mol. The van der Waals surface area contributed by atoms with Gasteiger partial charge in [0, 0.05) is 49.2 Å². The second-order valence-corrected chi connectivity index (χ2v) is 9.64. The molecule has 4 aliphatic rings. The van der Waals surface area contributed by atoms with Crippen molar-refractivity contribution in [3.05, 3.63) is 54.5 Å². The van der Waals surface area contributed by atoms with E-state index >= 15 is 0 Å². The van der Waals surface area contributed by atoms with Crippen LogP contribution >= 0.6 is 0 Å². The molecule has 0 spiro atoms. The molecule has 0 radical (unpaired) electrons. The number of cyclic esters (lactones) is 1. The Hall–Kier alpha value is -4.21. The van der Waals surface area contributed by atoms with Crippen LogP contribution in [-0.2, 0) is 4.74 Å². The first-order valence-corrected chi connectivity index (χ1v) is 12.6. The summed E-state index contributed by atoms with van der Waals surface area (Å²) < 4.78 is 22.4. The Morgan fingerprint density at radius 1 is 1.05 bits per heavy atom. The molecule has 10 nitrogen and oxygen atoms in total. The highest BCUT2D eigenvalue weighted by Crippen LogP contribution is 2.40. The standard InChI is InChI=1S/C27H27N5O5/c1-34-25-5-3-20-26(29-25)21(6-8-28-20)31-9-7-17-13-30(16-22(17)31)14-19-15-32(27(33)37-19)18-2-4-23-24(12-18)36-11-10-35-23/h2-6,8,12,16-17,19H,7,9-11,13-15H2,1H3/t17-,19?/m0/s1. The number of methoxy groups -OCH3 is 1. The summed E-state index contributed by atoms with van der Waals surface area (Å²) in [5.74, 6) is 2.37. The van der Waals surface area contributed by atoms with Gasteiger partial charge in [-0.25, -0.2) is 9.78 Å². The van der Waals surface area contributed by atoms with E-state index in [-0.39, 0.29) is 12.2 Å². The SMILES string of the molecule is COc1ccc2nccc(N3CC[C@H]4CN(CC5CN(c6ccc7c(c6)OCCO7)C(=O)O5)C=C43)c2n1. The van der Waals surface area contributed by atoms with Gasteiger partial charge >= 0.3 is 6.09 Å². The quantitative estimate of drug-likeness (QED) is 0.522. The van der Waals surface area contributed by atoms with Crippen molar-refractivity contribution in [2.24, 2.45) is 5.92 Å². The zero-order chi connectivity index (χ0) is 24.9. The highest BCUT2D eigenvalue weighted by molar-refractivity contribution is 5.90. The van der Waals surface area contributed by atoms with Crippen LogP contribution < -0.4 is 24.0 Å². The molecule has 1 amide bonds. The predicted octanol–water partition coefficient (Wildman–Crippen LogP) is 3.42. The maximum atomic E-state index is 12.7. The molecule has 190 valence electrons. The molecule has 4 aliphatic heterocycles. The van der Waals surface area contributed by atoms with Crippen molar-refractivity contribution in [3.63, 3.8) is 0 Å². The number of aromatic nitrogens is 2. The number of ether oxygens (including phenoxy) is 4. The van der Waals surface area contributed by atoms with Gasteiger partial charge in [-0.2, -0.15) is 0 Å². The lowest BCUT2D eigenvalue weighted by Crippen LogP contribution is -2.32. The van der Waals surface area contributed by atoms with Crippen molar-refractivity contribution in [1.82, 2.24) is 14.9 Å². The van der Waals surface area contributed by atoms with Crippen LogP contribution in [0, 0.1) is 5.92 Å². The fourth-order valence-corrected chi connectivity index (χ4v) is 5.67. The van der Waals surface area contributed by atoms with Crippen molar-refractivity contribution in [2.45, 2.75) is 12.5 Å². The van der Waals surface area contributed by atoms with E-state index in [2.05, 4.69) is 26.0 Å². The Kier molecular flexibility index (Phi) is 5.19. The third-order valence-electron chi connectivity index (χ3n) is 7.39. The predicted molar refractivity (Wildman–Crippen MR) is 136 cm³/mol. The summed E-state index contributed by atoms with van der Waals surface area (Å²) in [7, 11) is 1.62. The molecule has 7 rings (SSSR count). The van der Waals surface area contributed by atoms with Gasteiger partial charge < -0.3 is 28.7 Å². The van der Waals surface area contributed by atoms with Gasteiger partial charge in [-0.15, -0.1) is 0 Å². The molecular weight excluding hydrogens is 474 g/mol. The summed E-state index contributed by atoms with van der Waals surface area (Å²) in [5, 5.41) is 0. The third-order valence-corrected chi connectivity index (χ3v) is 7.39. The van der Waals surface area contributed by atoms with E-state index in [1.165, 1.54) is 5.70 Å². The van der Waals surface area contributed by atoms with Crippen LogP contribution in [0.5, 0.6) is 17.4 Å². The minimum atomic E-state index is -0.335. The summed E-state index contributed by atoms with van der Waals surface area (Å²) in [4.78, 5) is 28.1. The van der Waals surface area contributed by atoms with Crippen LogP contribution in [0.3, 0.4) is 0 Å². The van der Waals surface area contributed by atoms with Crippen LogP contribution in [0.25, 0.3) is 11.0 Å². The van der Waals surface area contributed by atoms with Crippen molar-refractivity contribution in [3.8, 4) is 17.4 Å². The third kappa shape index (κ3) is 3.83. The number of benzene rings is 1. The van der Waals surface area contributed by atoms with Gasteiger partial charge in [-0.05, 0) is 30.7 Å². The molecule has 10 heteroatoms. The average Bonchev–Trinajstić information content (AvgIpc) is 3.62. The number of carbonyl (C=O) groups is 1. The lowest BCUT2D eigenvalue weighted by atomic mass is 10.1. The van der Waals surface area contributed by atoms with Crippen molar-refractivity contribution < 1.29 is 23.7 Å². The van der Waals surface area contributed by atoms with Gasteiger partial charge in [0.15, 0.2) is 11.5 Å². The number of anilines is 2. The highest BCUT2D eigenvalue weighted by Gasteiger charge is 2.39. The second kappa shape index (κ2) is 8.72. The Labute approximate surface area is 214 Å². The van der Waals surface area contributed by atoms with E-state index < -0.39 is 0 Å². The molecule has 0 bridgehead atoms. The van der Waals surface area contributed by atoms with Gasteiger partial charge in [-0.3, -0.25) is 9.88 Å². The number of amides is 1. The molecule has 37 heavy (non-hydrogen) atoms. The van der Waals surface area contributed by atoms with Gasteiger partial charge in [0.05, 0.1) is 37.1 Å². The lowest BCUT2D eigenvalue weighted by Gasteiger charge is -2.22. The first-order valence-electron chi connectivity index (χ1n) is 12.6. The summed E-state index contributed by atoms with van der Waals surface area (Å²) in [6.07, 6.45) is 4.54. The normalized spacial score (nSPS) is 22.4. The monoisotopic (exact) mass is 501 g/mol. The molecule has 2 aromatic heterocycles. The molecule has 3 aromatic rings.